The first kappa shape index (κ1) is 23.4. The smallest absolute Gasteiger partial charge is 0.244 e. The molecule has 174 valence electrons. The summed E-state index contributed by atoms with van der Waals surface area (Å²) in [5, 5.41) is 4.62. The van der Waals surface area contributed by atoms with E-state index in [1.807, 2.05) is 43.3 Å². The van der Waals surface area contributed by atoms with Gasteiger partial charge in [-0.25, -0.2) is 0 Å². The minimum absolute atomic E-state index is 0.109. The van der Waals surface area contributed by atoms with E-state index >= 15 is 0 Å². The van der Waals surface area contributed by atoms with Crippen LogP contribution in [0.2, 0.25) is 5.02 Å². The Labute approximate surface area is 199 Å². The molecule has 2 heterocycles. The Bertz CT molecular complexity index is 1130. The van der Waals surface area contributed by atoms with Gasteiger partial charge in [0.1, 0.15) is 11.3 Å². The Morgan fingerprint density at radius 2 is 1.97 bits per heavy atom. The highest BCUT2D eigenvalue weighted by atomic mass is 35.5. The number of carbonyl (C=O) groups is 1. The van der Waals surface area contributed by atoms with Gasteiger partial charge in [0.05, 0.1) is 26.6 Å². The fraction of sp³-hybridized carbons (Fsp3) is 0.346. The number of furan rings is 1. The minimum atomic E-state index is -0.109. The fourth-order valence-corrected chi connectivity index (χ4v) is 4.18. The van der Waals surface area contributed by atoms with Crippen molar-refractivity contribution in [2.75, 3.05) is 46.5 Å². The molecule has 0 radical (unpaired) electrons. The molecule has 2 aromatic carbocycles. The first-order chi connectivity index (χ1) is 16.0. The van der Waals surface area contributed by atoms with Crippen LogP contribution in [0.15, 0.2) is 53.2 Å². The number of fused-ring (bicyclic) bond motifs is 1. The molecular formula is C26H29ClN2O4. The van der Waals surface area contributed by atoms with E-state index in [2.05, 4.69) is 10.2 Å². The minimum Gasteiger partial charge on any atom is -0.496 e. The lowest BCUT2D eigenvalue weighted by atomic mass is 9.99. The summed E-state index contributed by atoms with van der Waals surface area (Å²) in [5.74, 6) is 0.551. The zero-order chi connectivity index (χ0) is 23.2. The highest BCUT2D eigenvalue weighted by Gasteiger charge is 2.15. The van der Waals surface area contributed by atoms with Gasteiger partial charge in [0.2, 0.25) is 5.91 Å². The van der Waals surface area contributed by atoms with Crippen LogP contribution in [0.1, 0.15) is 18.9 Å². The molecule has 1 aliphatic rings. The number of methoxy groups -OCH3 is 1. The van der Waals surface area contributed by atoms with Crippen molar-refractivity contribution in [3.63, 3.8) is 0 Å². The van der Waals surface area contributed by atoms with Crippen LogP contribution in [0.5, 0.6) is 5.75 Å². The van der Waals surface area contributed by atoms with Gasteiger partial charge in [-0.2, -0.15) is 0 Å². The summed E-state index contributed by atoms with van der Waals surface area (Å²) in [7, 11) is 1.62. The van der Waals surface area contributed by atoms with E-state index in [-0.39, 0.29) is 5.91 Å². The van der Waals surface area contributed by atoms with Gasteiger partial charge >= 0.3 is 0 Å². The number of halogens is 1. The number of nitrogens with zero attached hydrogens (tertiary/aromatic N) is 1. The van der Waals surface area contributed by atoms with Crippen molar-refractivity contribution in [1.29, 1.82) is 0 Å². The summed E-state index contributed by atoms with van der Waals surface area (Å²) >= 11 is 6.04. The van der Waals surface area contributed by atoms with Crippen LogP contribution in [0.4, 0.5) is 0 Å². The topological polar surface area (TPSA) is 63.9 Å². The first-order valence-corrected chi connectivity index (χ1v) is 11.5. The molecule has 0 bridgehead atoms. The van der Waals surface area contributed by atoms with E-state index in [1.54, 1.807) is 19.4 Å². The number of hydrogen-bond donors (Lipinski definition) is 1. The third-order valence-corrected chi connectivity index (χ3v) is 6.13. The molecule has 6 nitrogen and oxygen atoms in total. The maximum absolute atomic E-state index is 12.5. The lowest BCUT2D eigenvalue weighted by Crippen LogP contribution is -2.38. The second kappa shape index (κ2) is 10.9. The van der Waals surface area contributed by atoms with Crippen LogP contribution in [-0.4, -0.2) is 57.3 Å². The first-order valence-electron chi connectivity index (χ1n) is 11.2. The number of morpholine rings is 1. The molecule has 0 aliphatic carbocycles. The molecule has 7 heteroatoms. The van der Waals surface area contributed by atoms with Gasteiger partial charge in [0.15, 0.2) is 0 Å². The van der Waals surface area contributed by atoms with E-state index in [0.29, 0.717) is 17.3 Å². The van der Waals surface area contributed by atoms with Gasteiger partial charge in [-0.05, 0) is 49.2 Å². The Kier molecular flexibility index (Phi) is 7.70. The van der Waals surface area contributed by atoms with E-state index in [9.17, 15) is 4.79 Å². The van der Waals surface area contributed by atoms with Crippen molar-refractivity contribution >= 4 is 34.1 Å². The van der Waals surface area contributed by atoms with Crippen LogP contribution in [0.25, 0.3) is 27.7 Å². The normalized spacial score (nSPS) is 15.1. The van der Waals surface area contributed by atoms with Crippen LogP contribution in [0.3, 0.4) is 0 Å². The predicted octanol–water partition coefficient (Wildman–Crippen LogP) is 5.00. The fourth-order valence-electron chi connectivity index (χ4n) is 4.05. The lowest BCUT2D eigenvalue weighted by Gasteiger charge is -2.26. The summed E-state index contributed by atoms with van der Waals surface area (Å²) in [5.41, 5.74) is 4.37. The molecule has 0 spiro atoms. The van der Waals surface area contributed by atoms with E-state index < -0.39 is 0 Å². The quantitative estimate of drug-likeness (QED) is 0.372. The Hall–Kier alpha value is -2.80. The second-order valence-electron chi connectivity index (χ2n) is 8.13. The summed E-state index contributed by atoms with van der Waals surface area (Å²) < 4.78 is 16.7. The monoisotopic (exact) mass is 468 g/mol. The Morgan fingerprint density at radius 3 is 2.70 bits per heavy atom. The molecule has 0 atom stereocenters. The molecular weight excluding hydrogens is 440 g/mol. The van der Waals surface area contributed by atoms with Gasteiger partial charge in [-0.1, -0.05) is 23.7 Å². The molecule has 1 amide bonds. The molecule has 0 saturated carbocycles. The van der Waals surface area contributed by atoms with Crippen molar-refractivity contribution in [3.8, 4) is 16.9 Å². The molecule has 1 aliphatic heterocycles. The number of amides is 1. The average Bonchev–Trinajstić information content (AvgIpc) is 3.25. The van der Waals surface area contributed by atoms with Crippen LogP contribution in [0, 0.1) is 0 Å². The largest absolute Gasteiger partial charge is 0.496 e. The van der Waals surface area contributed by atoms with Crippen molar-refractivity contribution < 1.29 is 18.7 Å². The summed E-state index contributed by atoms with van der Waals surface area (Å²) in [4.78, 5) is 14.9. The van der Waals surface area contributed by atoms with E-state index in [1.165, 1.54) is 0 Å². The summed E-state index contributed by atoms with van der Waals surface area (Å²) in [6.07, 6.45) is 4.27. The molecule has 4 rings (SSSR count). The second-order valence-corrected chi connectivity index (χ2v) is 8.57. The molecule has 3 aromatic rings. The van der Waals surface area contributed by atoms with Crippen LogP contribution < -0.4 is 10.1 Å². The summed E-state index contributed by atoms with van der Waals surface area (Å²) in [6.45, 7) is 7.01. The number of benzene rings is 2. The number of rotatable bonds is 8. The van der Waals surface area contributed by atoms with Gasteiger partial charge < -0.3 is 19.2 Å². The van der Waals surface area contributed by atoms with Crippen molar-refractivity contribution in [1.82, 2.24) is 10.2 Å². The maximum atomic E-state index is 12.5. The number of nitrogens with one attached hydrogen (secondary N) is 1. The standard InChI is InChI=1S/C26H29ClN2O4/c1-18(14-26(30)28-8-3-9-29-10-12-32-13-11-29)21-15-22-23(19-4-6-20(27)7-5-19)17-33-25(22)16-24(21)31-2/h4-7,14-17H,3,8-13H2,1-2H3,(H,28,30)/b18-14+. The van der Waals surface area contributed by atoms with Crippen LogP contribution in [-0.2, 0) is 9.53 Å². The SMILES string of the molecule is COc1cc2occ(-c3ccc(Cl)cc3)c2cc1/C(C)=C/C(=O)NCCCN1CCOCC1. The van der Waals surface area contributed by atoms with Crippen molar-refractivity contribution in [3.05, 3.63) is 59.3 Å². The molecule has 1 saturated heterocycles. The third kappa shape index (κ3) is 5.77. The summed E-state index contributed by atoms with van der Waals surface area (Å²) in [6, 6.07) is 11.5. The van der Waals surface area contributed by atoms with Crippen molar-refractivity contribution in [2.45, 2.75) is 13.3 Å². The number of carbonyl (C=O) groups excluding carboxylic acids is 1. The van der Waals surface area contributed by atoms with E-state index in [4.69, 9.17) is 25.5 Å². The zero-order valence-corrected chi connectivity index (χ0v) is 19.8. The molecule has 1 fully saturated rings. The number of hydrogen-bond acceptors (Lipinski definition) is 5. The highest BCUT2D eigenvalue weighted by Crippen LogP contribution is 2.37. The van der Waals surface area contributed by atoms with Crippen LogP contribution >= 0.6 is 11.6 Å². The maximum Gasteiger partial charge on any atom is 0.244 e. The van der Waals surface area contributed by atoms with Gasteiger partial charge in [-0.3, -0.25) is 9.69 Å². The molecule has 1 aromatic heterocycles. The van der Waals surface area contributed by atoms with Crippen molar-refractivity contribution in [2.24, 2.45) is 0 Å². The number of ether oxygens (including phenoxy) is 2. The average molecular weight is 469 g/mol. The molecule has 33 heavy (non-hydrogen) atoms. The molecule has 1 N–H and O–H groups in total. The van der Waals surface area contributed by atoms with Gasteiger partial charge in [0, 0.05) is 53.3 Å². The van der Waals surface area contributed by atoms with E-state index in [0.717, 1.165) is 72.5 Å². The zero-order valence-electron chi connectivity index (χ0n) is 19.0. The highest BCUT2D eigenvalue weighted by molar-refractivity contribution is 6.30. The molecule has 0 unspecified atom stereocenters. The number of allylic oxidation sites excluding steroid dienone is 1. The van der Waals surface area contributed by atoms with Gasteiger partial charge in [-0.15, -0.1) is 0 Å². The Morgan fingerprint density at radius 1 is 1.21 bits per heavy atom. The van der Waals surface area contributed by atoms with Gasteiger partial charge in [0.25, 0.3) is 0 Å². The predicted molar refractivity (Wildman–Crippen MR) is 132 cm³/mol. The Balaban J connectivity index is 1.48. The third-order valence-electron chi connectivity index (χ3n) is 5.88. The lowest BCUT2D eigenvalue weighted by molar-refractivity contribution is -0.116.